The number of anilines is 1. The predicted molar refractivity (Wildman–Crippen MR) is 78.2 cm³/mol. The molecule has 0 aliphatic rings. The Hall–Kier alpha value is -2.41. The van der Waals surface area contributed by atoms with Gasteiger partial charge in [0.2, 0.25) is 0 Å². The van der Waals surface area contributed by atoms with Gasteiger partial charge in [0.25, 0.3) is 0 Å². The van der Waals surface area contributed by atoms with Crippen molar-refractivity contribution in [2.24, 2.45) is 0 Å². The normalized spacial score (nSPS) is 10.7. The van der Waals surface area contributed by atoms with Crippen LogP contribution < -0.4 is 4.90 Å². The molecule has 0 atom stereocenters. The summed E-state index contributed by atoms with van der Waals surface area (Å²) in [5.74, 6) is 5.79. The lowest BCUT2D eigenvalue weighted by molar-refractivity contribution is -0.137. The second-order valence-electron chi connectivity index (χ2n) is 4.77. The van der Waals surface area contributed by atoms with Gasteiger partial charge in [-0.3, -0.25) is 0 Å². The van der Waals surface area contributed by atoms with Gasteiger partial charge in [0.1, 0.15) is 0 Å². The molecule has 0 amide bonds. The minimum absolute atomic E-state index is 0.555. The van der Waals surface area contributed by atoms with E-state index in [-0.39, 0.29) is 0 Å². The third-order valence-electron chi connectivity index (χ3n) is 2.95. The number of rotatable bonds is 1. The van der Waals surface area contributed by atoms with E-state index in [4.69, 9.17) is 0 Å². The SMILES string of the molecule is CN(C)c1ccc(C#Cc2ccc(C(F)(F)F)cc2)cc1. The smallest absolute Gasteiger partial charge is 0.378 e. The van der Waals surface area contributed by atoms with Gasteiger partial charge in [-0.15, -0.1) is 0 Å². The fourth-order valence-electron chi connectivity index (χ4n) is 1.73. The highest BCUT2D eigenvalue weighted by molar-refractivity contribution is 5.51. The Labute approximate surface area is 122 Å². The molecule has 21 heavy (non-hydrogen) atoms. The molecular formula is C17H14F3N. The molecule has 2 rings (SSSR count). The van der Waals surface area contributed by atoms with Gasteiger partial charge in [0, 0.05) is 30.9 Å². The summed E-state index contributed by atoms with van der Waals surface area (Å²) >= 11 is 0. The molecule has 0 N–H and O–H groups in total. The van der Waals surface area contributed by atoms with E-state index in [2.05, 4.69) is 11.8 Å². The van der Waals surface area contributed by atoms with Crippen LogP contribution in [0.15, 0.2) is 48.5 Å². The number of halogens is 3. The van der Waals surface area contributed by atoms with Crippen LogP contribution in [0.2, 0.25) is 0 Å². The van der Waals surface area contributed by atoms with E-state index < -0.39 is 11.7 Å². The van der Waals surface area contributed by atoms with E-state index in [9.17, 15) is 13.2 Å². The molecule has 1 nitrogen and oxygen atoms in total. The number of hydrogen-bond acceptors (Lipinski definition) is 1. The molecule has 0 fully saturated rings. The van der Waals surface area contributed by atoms with Crippen molar-refractivity contribution in [1.82, 2.24) is 0 Å². The number of benzene rings is 2. The molecule has 108 valence electrons. The van der Waals surface area contributed by atoms with E-state index >= 15 is 0 Å². The maximum absolute atomic E-state index is 12.4. The summed E-state index contributed by atoms with van der Waals surface area (Å²) in [5.41, 5.74) is 1.78. The van der Waals surface area contributed by atoms with Gasteiger partial charge in [0.05, 0.1) is 5.56 Å². The summed E-state index contributed by atoms with van der Waals surface area (Å²) in [6.45, 7) is 0. The molecule has 0 aliphatic carbocycles. The first kappa shape index (κ1) is 15.0. The van der Waals surface area contributed by atoms with Crippen molar-refractivity contribution >= 4 is 5.69 Å². The Morgan fingerprint density at radius 1 is 0.762 bits per heavy atom. The van der Waals surface area contributed by atoms with Crippen LogP contribution in [-0.4, -0.2) is 14.1 Å². The Morgan fingerprint density at radius 2 is 1.19 bits per heavy atom. The monoisotopic (exact) mass is 289 g/mol. The van der Waals surface area contributed by atoms with Gasteiger partial charge in [-0.25, -0.2) is 0 Å². The standard InChI is InChI=1S/C17H14F3N/c1-21(2)16-11-7-14(8-12-16)4-3-13-5-9-15(10-6-13)17(18,19)20/h5-12H,1-2H3. The molecule has 0 bridgehead atoms. The zero-order valence-electron chi connectivity index (χ0n) is 11.7. The van der Waals surface area contributed by atoms with E-state index in [0.29, 0.717) is 5.56 Å². The van der Waals surface area contributed by atoms with Crippen LogP contribution in [0.25, 0.3) is 0 Å². The average molecular weight is 289 g/mol. The van der Waals surface area contributed by atoms with Crippen molar-refractivity contribution in [2.45, 2.75) is 6.18 Å². The molecule has 0 aromatic heterocycles. The Bertz CT molecular complexity index is 656. The summed E-state index contributed by atoms with van der Waals surface area (Å²) in [6, 6.07) is 12.5. The van der Waals surface area contributed by atoms with Gasteiger partial charge >= 0.3 is 6.18 Å². The molecule has 0 radical (unpaired) electrons. The van der Waals surface area contributed by atoms with Crippen molar-refractivity contribution < 1.29 is 13.2 Å². The molecule has 2 aromatic carbocycles. The molecule has 2 aromatic rings. The summed E-state index contributed by atoms with van der Waals surface area (Å²) < 4.78 is 37.3. The molecule has 0 spiro atoms. The third kappa shape index (κ3) is 4.03. The van der Waals surface area contributed by atoms with Crippen LogP contribution in [0.5, 0.6) is 0 Å². The molecule has 0 saturated heterocycles. The van der Waals surface area contributed by atoms with Crippen LogP contribution in [0, 0.1) is 11.8 Å². The van der Waals surface area contributed by atoms with Crippen molar-refractivity contribution in [3.05, 3.63) is 65.2 Å². The van der Waals surface area contributed by atoms with Gasteiger partial charge in [-0.05, 0) is 48.5 Å². The summed E-state index contributed by atoms with van der Waals surface area (Å²) in [6.07, 6.45) is -4.31. The number of nitrogens with zero attached hydrogens (tertiary/aromatic N) is 1. The lowest BCUT2D eigenvalue weighted by atomic mass is 10.1. The van der Waals surface area contributed by atoms with Crippen molar-refractivity contribution in [3.8, 4) is 11.8 Å². The fourth-order valence-corrected chi connectivity index (χ4v) is 1.73. The maximum atomic E-state index is 12.4. The summed E-state index contributed by atoms with van der Waals surface area (Å²) in [4.78, 5) is 1.98. The Morgan fingerprint density at radius 3 is 1.57 bits per heavy atom. The predicted octanol–water partition coefficient (Wildman–Crippen LogP) is 4.17. The average Bonchev–Trinajstić information content (AvgIpc) is 2.45. The first-order chi connectivity index (χ1) is 9.86. The highest BCUT2D eigenvalue weighted by Crippen LogP contribution is 2.28. The zero-order valence-corrected chi connectivity index (χ0v) is 11.7. The van der Waals surface area contributed by atoms with Crippen molar-refractivity contribution in [3.63, 3.8) is 0 Å². The van der Waals surface area contributed by atoms with E-state index in [1.54, 1.807) is 0 Å². The highest BCUT2D eigenvalue weighted by atomic mass is 19.4. The first-order valence-corrected chi connectivity index (χ1v) is 6.33. The number of alkyl halides is 3. The van der Waals surface area contributed by atoms with Gasteiger partial charge in [-0.2, -0.15) is 13.2 Å². The molecule has 0 heterocycles. The minimum atomic E-state index is -4.31. The van der Waals surface area contributed by atoms with Crippen LogP contribution in [-0.2, 0) is 6.18 Å². The molecule has 0 aliphatic heterocycles. The van der Waals surface area contributed by atoms with E-state index in [1.807, 2.05) is 43.3 Å². The number of hydrogen-bond donors (Lipinski definition) is 0. The molecular weight excluding hydrogens is 275 g/mol. The summed E-state index contributed by atoms with van der Waals surface area (Å²) in [5, 5.41) is 0. The largest absolute Gasteiger partial charge is 0.416 e. The first-order valence-electron chi connectivity index (χ1n) is 6.33. The molecule has 0 saturated carbocycles. The van der Waals surface area contributed by atoms with Crippen molar-refractivity contribution in [1.29, 1.82) is 0 Å². The van der Waals surface area contributed by atoms with Crippen LogP contribution >= 0.6 is 0 Å². The second kappa shape index (κ2) is 5.92. The maximum Gasteiger partial charge on any atom is 0.416 e. The van der Waals surface area contributed by atoms with Gasteiger partial charge < -0.3 is 4.90 Å². The topological polar surface area (TPSA) is 3.24 Å². The molecule has 4 heteroatoms. The lowest BCUT2D eigenvalue weighted by Crippen LogP contribution is -2.07. The second-order valence-corrected chi connectivity index (χ2v) is 4.77. The quantitative estimate of drug-likeness (QED) is 0.712. The highest BCUT2D eigenvalue weighted by Gasteiger charge is 2.29. The summed E-state index contributed by atoms with van der Waals surface area (Å²) in [7, 11) is 3.89. The van der Waals surface area contributed by atoms with E-state index in [0.717, 1.165) is 23.4 Å². The van der Waals surface area contributed by atoms with Crippen LogP contribution in [0.3, 0.4) is 0 Å². The van der Waals surface area contributed by atoms with Crippen LogP contribution in [0.4, 0.5) is 18.9 Å². The fraction of sp³-hybridized carbons (Fsp3) is 0.176. The third-order valence-corrected chi connectivity index (χ3v) is 2.95. The van der Waals surface area contributed by atoms with Crippen LogP contribution in [0.1, 0.15) is 16.7 Å². The lowest BCUT2D eigenvalue weighted by Gasteiger charge is -2.11. The molecule has 0 unspecified atom stereocenters. The van der Waals surface area contributed by atoms with Crippen molar-refractivity contribution in [2.75, 3.05) is 19.0 Å². The zero-order chi connectivity index (χ0) is 15.5. The minimum Gasteiger partial charge on any atom is -0.378 e. The Balaban J connectivity index is 2.15. The van der Waals surface area contributed by atoms with E-state index in [1.165, 1.54) is 12.1 Å². The Kier molecular flexibility index (Phi) is 4.23. The van der Waals surface area contributed by atoms with Gasteiger partial charge in [-0.1, -0.05) is 11.8 Å². The van der Waals surface area contributed by atoms with Gasteiger partial charge in [0.15, 0.2) is 0 Å².